The van der Waals surface area contributed by atoms with Gasteiger partial charge in [-0.15, -0.1) is 0 Å². The summed E-state index contributed by atoms with van der Waals surface area (Å²) in [6.45, 7) is 2.25. The number of hydrogen-bond donors (Lipinski definition) is 1. The van der Waals surface area contributed by atoms with E-state index >= 15 is 0 Å². The van der Waals surface area contributed by atoms with E-state index in [1.165, 1.54) is 4.31 Å². The maximum absolute atomic E-state index is 12.3. The molecule has 7 heteroatoms. The summed E-state index contributed by atoms with van der Waals surface area (Å²) in [4.78, 5) is 12.3. The van der Waals surface area contributed by atoms with E-state index in [9.17, 15) is 13.2 Å². The van der Waals surface area contributed by atoms with Crippen LogP contribution >= 0.6 is 11.6 Å². The second-order valence-corrected chi connectivity index (χ2v) is 7.35. The number of nitrogens with one attached hydrogen (secondary N) is 1. The molecule has 0 unspecified atom stereocenters. The normalized spacial score (nSPS) is 20.1. The van der Waals surface area contributed by atoms with Crippen LogP contribution in [0.15, 0.2) is 18.2 Å². The number of hydrogen-bond acceptors (Lipinski definition) is 3. The Hall–Kier alpha value is -1.11. The van der Waals surface area contributed by atoms with Crippen LogP contribution in [0.4, 0.5) is 5.69 Å². The molecule has 0 radical (unpaired) electrons. The first-order valence-electron chi connectivity index (χ1n) is 6.33. The predicted molar refractivity (Wildman–Crippen MR) is 79.4 cm³/mol. The van der Waals surface area contributed by atoms with Crippen molar-refractivity contribution < 1.29 is 13.2 Å². The summed E-state index contributed by atoms with van der Waals surface area (Å²) >= 11 is 5.90. The lowest BCUT2D eigenvalue weighted by Gasteiger charge is -2.21. The minimum atomic E-state index is -3.36. The van der Waals surface area contributed by atoms with E-state index in [0.29, 0.717) is 30.1 Å². The molecule has 1 N–H and O–H groups in total. The molecule has 110 valence electrons. The highest BCUT2D eigenvalue weighted by atomic mass is 35.5. The lowest BCUT2D eigenvalue weighted by atomic mass is 10.1. The van der Waals surface area contributed by atoms with Gasteiger partial charge >= 0.3 is 0 Å². The zero-order chi connectivity index (χ0) is 14.9. The number of amides is 1. The molecule has 1 atom stereocenters. The van der Waals surface area contributed by atoms with E-state index in [0.717, 1.165) is 11.8 Å². The average Bonchev–Trinajstić information content (AvgIpc) is 2.82. The molecule has 1 aromatic carbocycles. The number of nitrogens with zero attached hydrogens (tertiary/aromatic N) is 1. The number of carbonyl (C=O) groups is 1. The number of rotatable bonds is 3. The molecular weight excluding hydrogens is 300 g/mol. The Morgan fingerprint density at radius 3 is 2.80 bits per heavy atom. The molecule has 1 saturated heterocycles. The topological polar surface area (TPSA) is 66.5 Å². The van der Waals surface area contributed by atoms with Crippen molar-refractivity contribution in [2.75, 3.05) is 18.1 Å². The van der Waals surface area contributed by atoms with Crippen LogP contribution in [-0.4, -0.2) is 37.5 Å². The van der Waals surface area contributed by atoms with Crippen LogP contribution in [-0.2, 0) is 14.8 Å². The van der Waals surface area contributed by atoms with Gasteiger partial charge in [-0.2, -0.15) is 4.31 Å². The Bertz CT molecular complexity index is 631. The van der Waals surface area contributed by atoms with E-state index in [1.54, 1.807) is 18.2 Å². The molecule has 1 fully saturated rings. The van der Waals surface area contributed by atoms with Gasteiger partial charge in [0.15, 0.2) is 0 Å². The summed E-state index contributed by atoms with van der Waals surface area (Å²) in [7, 11) is -3.36. The van der Waals surface area contributed by atoms with Gasteiger partial charge < -0.3 is 5.32 Å². The third-order valence-electron chi connectivity index (χ3n) is 3.39. The van der Waals surface area contributed by atoms with Gasteiger partial charge in [-0.25, -0.2) is 8.42 Å². The zero-order valence-electron chi connectivity index (χ0n) is 11.4. The van der Waals surface area contributed by atoms with Crippen LogP contribution in [0.1, 0.15) is 18.4 Å². The van der Waals surface area contributed by atoms with Crippen molar-refractivity contribution >= 4 is 33.2 Å². The van der Waals surface area contributed by atoms with Crippen LogP contribution in [0.2, 0.25) is 5.02 Å². The summed E-state index contributed by atoms with van der Waals surface area (Å²) < 4.78 is 24.5. The molecule has 1 amide bonds. The summed E-state index contributed by atoms with van der Waals surface area (Å²) in [5, 5.41) is 3.29. The fraction of sp³-hybridized carbons (Fsp3) is 0.462. The van der Waals surface area contributed by atoms with E-state index in [-0.39, 0.29) is 5.91 Å². The molecule has 0 aliphatic carbocycles. The zero-order valence-corrected chi connectivity index (χ0v) is 13.0. The molecule has 0 saturated carbocycles. The number of anilines is 1. The summed E-state index contributed by atoms with van der Waals surface area (Å²) in [5.41, 5.74) is 1.49. The average molecular weight is 317 g/mol. The van der Waals surface area contributed by atoms with E-state index in [2.05, 4.69) is 5.32 Å². The quantitative estimate of drug-likeness (QED) is 0.927. The summed E-state index contributed by atoms with van der Waals surface area (Å²) in [6, 6.07) is 4.57. The Morgan fingerprint density at radius 2 is 2.15 bits per heavy atom. The molecule has 5 nitrogen and oxygen atoms in total. The highest BCUT2D eigenvalue weighted by Crippen LogP contribution is 2.24. The van der Waals surface area contributed by atoms with Gasteiger partial charge in [-0.1, -0.05) is 17.7 Å². The number of benzene rings is 1. The van der Waals surface area contributed by atoms with Crippen molar-refractivity contribution in [3.63, 3.8) is 0 Å². The van der Waals surface area contributed by atoms with Crippen molar-refractivity contribution in [1.82, 2.24) is 4.31 Å². The monoisotopic (exact) mass is 316 g/mol. The Morgan fingerprint density at radius 1 is 1.45 bits per heavy atom. The van der Waals surface area contributed by atoms with E-state index in [1.807, 2.05) is 6.92 Å². The third-order valence-corrected chi connectivity index (χ3v) is 4.91. The lowest BCUT2D eigenvalue weighted by molar-refractivity contribution is -0.119. The smallest absolute Gasteiger partial charge is 0.242 e. The van der Waals surface area contributed by atoms with E-state index in [4.69, 9.17) is 11.6 Å². The van der Waals surface area contributed by atoms with Gasteiger partial charge in [-0.05, 0) is 37.5 Å². The molecule has 1 aliphatic rings. The van der Waals surface area contributed by atoms with Gasteiger partial charge in [0.25, 0.3) is 0 Å². The van der Waals surface area contributed by atoms with Crippen LogP contribution < -0.4 is 5.32 Å². The molecule has 0 aromatic heterocycles. The van der Waals surface area contributed by atoms with Gasteiger partial charge in [0.2, 0.25) is 15.9 Å². The van der Waals surface area contributed by atoms with Crippen LogP contribution in [0.3, 0.4) is 0 Å². The van der Waals surface area contributed by atoms with Crippen molar-refractivity contribution in [1.29, 1.82) is 0 Å². The fourth-order valence-electron chi connectivity index (χ4n) is 2.34. The fourth-order valence-corrected chi connectivity index (χ4v) is 3.64. The van der Waals surface area contributed by atoms with Gasteiger partial charge in [-0.3, -0.25) is 4.79 Å². The first kappa shape index (κ1) is 15.3. The number of aryl methyl sites for hydroxylation is 1. The second kappa shape index (κ2) is 5.71. The van der Waals surface area contributed by atoms with Crippen molar-refractivity contribution in [3.05, 3.63) is 28.8 Å². The molecule has 20 heavy (non-hydrogen) atoms. The number of sulfonamides is 1. The third kappa shape index (κ3) is 3.31. The highest BCUT2D eigenvalue weighted by molar-refractivity contribution is 7.88. The predicted octanol–water partition coefficient (Wildman–Crippen LogP) is 2.01. The first-order chi connectivity index (χ1) is 9.29. The first-order valence-corrected chi connectivity index (χ1v) is 8.55. The Balaban J connectivity index is 2.18. The van der Waals surface area contributed by atoms with Gasteiger partial charge in [0.1, 0.15) is 6.04 Å². The number of halogens is 1. The van der Waals surface area contributed by atoms with Crippen molar-refractivity contribution in [2.45, 2.75) is 25.8 Å². The molecule has 2 rings (SSSR count). The largest absolute Gasteiger partial charge is 0.324 e. The second-order valence-electron chi connectivity index (χ2n) is 4.98. The molecular formula is C13H17ClN2O3S. The minimum absolute atomic E-state index is 0.307. The van der Waals surface area contributed by atoms with Crippen molar-refractivity contribution in [3.8, 4) is 0 Å². The summed E-state index contributed by atoms with van der Waals surface area (Å²) in [5.74, 6) is -0.307. The molecule has 1 aromatic rings. The Kier molecular flexibility index (Phi) is 4.36. The lowest BCUT2D eigenvalue weighted by Crippen LogP contribution is -2.42. The van der Waals surface area contributed by atoms with Crippen LogP contribution in [0, 0.1) is 6.92 Å². The molecule has 1 aliphatic heterocycles. The molecule has 1 heterocycles. The van der Waals surface area contributed by atoms with Gasteiger partial charge in [0.05, 0.1) is 6.26 Å². The maximum Gasteiger partial charge on any atom is 0.242 e. The minimum Gasteiger partial charge on any atom is -0.324 e. The molecule has 0 spiro atoms. The Labute approximate surface area is 124 Å². The van der Waals surface area contributed by atoms with Gasteiger partial charge in [0, 0.05) is 17.3 Å². The highest BCUT2D eigenvalue weighted by Gasteiger charge is 2.36. The summed E-state index contributed by atoms with van der Waals surface area (Å²) in [6.07, 6.45) is 2.36. The van der Waals surface area contributed by atoms with E-state index < -0.39 is 16.1 Å². The number of carbonyl (C=O) groups excluding carboxylic acids is 1. The maximum atomic E-state index is 12.3. The van der Waals surface area contributed by atoms with Crippen molar-refractivity contribution in [2.24, 2.45) is 0 Å². The standard InChI is InChI=1S/C13H17ClN2O3S/c1-9-5-6-10(14)8-11(9)15-13(17)12-4-3-7-16(12)20(2,18)19/h5-6,8,12H,3-4,7H2,1-2H3,(H,15,17)/t12-/m0/s1. The molecule has 0 bridgehead atoms. The van der Waals surface area contributed by atoms with Crippen LogP contribution in [0.25, 0.3) is 0 Å². The van der Waals surface area contributed by atoms with Crippen LogP contribution in [0.5, 0.6) is 0 Å². The SMILES string of the molecule is Cc1ccc(Cl)cc1NC(=O)[C@@H]1CCCN1S(C)(=O)=O.